The first kappa shape index (κ1) is 29.1. The van der Waals surface area contributed by atoms with Crippen LogP contribution in [0.5, 0.6) is 0 Å². The summed E-state index contributed by atoms with van der Waals surface area (Å²) < 4.78 is 4.89. The van der Waals surface area contributed by atoms with Crippen LogP contribution in [0.2, 0.25) is 0 Å². The third-order valence-electron chi connectivity index (χ3n) is 10.2. The molecule has 0 spiro atoms. The Morgan fingerprint density at radius 1 is 0.365 bits per heavy atom. The van der Waals surface area contributed by atoms with Gasteiger partial charge in [-0.05, 0) is 52.6 Å². The fourth-order valence-corrected chi connectivity index (χ4v) is 8.85. The molecule has 0 radical (unpaired) electrons. The molecule has 0 N–H and O–H groups in total. The molecule has 0 aliphatic heterocycles. The van der Waals surface area contributed by atoms with Crippen molar-refractivity contribution in [3.05, 3.63) is 170 Å². The highest BCUT2D eigenvalue weighted by molar-refractivity contribution is 7.25. The smallest absolute Gasteiger partial charge is 0.164 e. The van der Waals surface area contributed by atoms with Gasteiger partial charge in [-0.1, -0.05) is 133 Å². The molecular formula is C47H28N4S. The highest BCUT2D eigenvalue weighted by atomic mass is 32.1. The Kier molecular flexibility index (Phi) is 6.39. The molecule has 0 saturated heterocycles. The van der Waals surface area contributed by atoms with Crippen LogP contribution < -0.4 is 0 Å². The molecule has 3 aromatic heterocycles. The monoisotopic (exact) mass is 680 g/mol. The van der Waals surface area contributed by atoms with Gasteiger partial charge in [0.1, 0.15) is 0 Å². The zero-order chi connectivity index (χ0) is 34.2. The van der Waals surface area contributed by atoms with Crippen LogP contribution in [-0.2, 0) is 0 Å². The average Bonchev–Trinajstić information content (AvgIpc) is 3.76. The van der Waals surface area contributed by atoms with Crippen molar-refractivity contribution in [2.45, 2.75) is 0 Å². The van der Waals surface area contributed by atoms with Gasteiger partial charge in [-0.2, -0.15) is 0 Å². The largest absolute Gasteiger partial charge is 0.309 e. The van der Waals surface area contributed by atoms with Gasteiger partial charge >= 0.3 is 0 Å². The minimum atomic E-state index is 0.661. The molecule has 242 valence electrons. The number of hydrogen-bond acceptors (Lipinski definition) is 4. The van der Waals surface area contributed by atoms with E-state index in [1.165, 1.54) is 58.1 Å². The topological polar surface area (TPSA) is 43.6 Å². The van der Waals surface area contributed by atoms with Gasteiger partial charge in [0.25, 0.3) is 0 Å². The fraction of sp³-hybridized carbons (Fsp3) is 0. The summed E-state index contributed by atoms with van der Waals surface area (Å²) in [6.07, 6.45) is 0. The van der Waals surface area contributed by atoms with E-state index in [4.69, 9.17) is 15.0 Å². The molecule has 0 bridgehead atoms. The molecule has 11 rings (SSSR count). The zero-order valence-electron chi connectivity index (χ0n) is 27.9. The van der Waals surface area contributed by atoms with Crippen molar-refractivity contribution in [1.29, 1.82) is 0 Å². The molecule has 3 heterocycles. The van der Waals surface area contributed by atoms with Crippen LogP contribution in [0.1, 0.15) is 0 Å². The highest BCUT2D eigenvalue weighted by Crippen LogP contribution is 2.41. The lowest BCUT2D eigenvalue weighted by Crippen LogP contribution is -2.00. The van der Waals surface area contributed by atoms with Crippen LogP contribution >= 0.6 is 11.3 Å². The molecular weight excluding hydrogens is 653 g/mol. The van der Waals surface area contributed by atoms with E-state index in [0.29, 0.717) is 17.5 Å². The van der Waals surface area contributed by atoms with Gasteiger partial charge < -0.3 is 4.57 Å². The summed E-state index contributed by atoms with van der Waals surface area (Å²) in [5, 5.41) is 9.84. The second-order valence-corrected chi connectivity index (χ2v) is 14.3. The number of para-hydroxylation sites is 1. The van der Waals surface area contributed by atoms with Crippen LogP contribution in [0.4, 0.5) is 0 Å². The van der Waals surface area contributed by atoms with Crippen molar-refractivity contribution >= 4 is 74.9 Å². The standard InChI is InChI=1S/C47H28N4S/c1-2-12-31(13-3-1)45-48-46(33-19-18-29-10-4-5-14-32(29)26-33)50-47(49-45)34-21-23-38-40-28-35(22-25-42(40)52-43(38)27-34)51-41-17-9-8-16-37(41)39-24-20-30-11-6-7-15-36(30)44(39)51/h1-28H. The predicted molar refractivity (Wildman–Crippen MR) is 218 cm³/mol. The molecule has 0 aliphatic carbocycles. The molecule has 0 fully saturated rings. The first-order valence-electron chi connectivity index (χ1n) is 17.4. The van der Waals surface area contributed by atoms with Crippen LogP contribution in [0.15, 0.2) is 170 Å². The van der Waals surface area contributed by atoms with E-state index in [2.05, 4.69) is 156 Å². The summed E-state index contributed by atoms with van der Waals surface area (Å²) >= 11 is 1.81. The summed E-state index contributed by atoms with van der Waals surface area (Å²) in [6.45, 7) is 0. The van der Waals surface area contributed by atoms with Crippen LogP contribution in [-0.4, -0.2) is 19.5 Å². The van der Waals surface area contributed by atoms with E-state index in [0.717, 1.165) is 27.8 Å². The third kappa shape index (κ3) is 4.57. The number of thiophene rings is 1. The molecule has 5 heteroatoms. The molecule has 0 aliphatic rings. The Labute approximate surface area is 302 Å². The van der Waals surface area contributed by atoms with Crippen molar-refractivity contribution in [3.8, 4) is 39.9 Å². The van der Waals surface area contributed by atoms with Crippen LogP contribution in [0, 0.1) is 0 Å². The summed E-state index contributed by atoms with van der Waals surface area (Å²) in [5.74, 6) is 1.98. The Bertz CT molecular complexity index is 3190. The maximum absolute atomic E-state index is 5.08. The van der Waals surface area contributed by atoms with Crippen molar-refractivity contribution in [2.24, 2.45) is 0 Å². The summed E-state index contributed by atoms with van der Waals surface area (Å²) in [5.41, 5.74) is 6.50. The van der Waals surface area contributed by atoms with Gasteiger partial charge in [0.2, 0.25) is 0 Å². The van der Waals surface area contributed by atoms with E-state index in [1.807, 2.05) is 29.5 Å². The Morgan fingerprint density at radius 3 is 1.85 bits per heavy atom. The van der Waals surface area contributed by atoms with Gasteiger partial charge in [-0.3, -0.25) is 0 Å². The normalized spacial score (nSPS) is 11.8. The van der Waals surface area contributed by atoms with Gasteiger partial charge in [0.05, 0.1) is 11.0 Å². The van der Waals surface area contributed by atoms with Gasteiger partial charge in [0, 0.05) is 58.7 Å². The van der Waals surface area contributed by atoms with E-state index in [9.17, 15) is 0 Å². The maximum Gasteiger partial charge on any atom is 0.164 e. The molecule has 0 atom stereocenters. The van der Waals surface area contributed by atoms with E-state index in [-0.39, 0.29) is 0 Å². The first-order chi connectivity index (χ1) is 25.7. The van der Waals surface area contributed by atoms with Crippen molar-refractivity contribution in [2.75, 3.05) is 0 Å². The zero-order valence-corrected chi connectivity index (χ0v) is 28.7. The van der Waals surface area contributed by atoms with E-state index < -0.39 is 0 Å². The number of aromatic nitrogens is 4. The van der Waals surface area contributed by atoms with E-state index >= 15 is 0 Å². The van der Waals surface area contributed by atoms with Crippen molar-refractivity contribution in [3.63, 3.8) is 0 Å². The molecule has 0 amide bonds. The summed E-state index contributed by atoms with van der Waals surface area (Å²) in [7, 11) is 0. The maximum atomic E-state index is 5.08. The quantitative estimate of drug-likeness (QED) is 0.186. The lowest BCUT2D eigenvalue weighted by molar-refractivity contribution is 1.08. The lowest BCUT2D eigenvalue weighted by Gasteiger charge is -2.10. The minimum Gasteiger partial charge on any atom is -0.309 e. The number of rotatable bonds is 4. The van der Waals surface area contributed by atoms with Crippen molar-refractivity contribution < 1.29 is 0 Å². The highest BCUT2D eigenvalue weighted by Gasteiger charge is 2.18. The fourth-order valence-electron chi connectivity index (χ4n) is 7.72. The summed E-state index contributed by atoms with van der Waals surface area (Å²) in [6, 6.07) is 60.4. The SMILES string of the molecule is c1ccc(-c2nc(-c3ccc4ccccc4c3)nc(-c3ccc4c(c3)sc3ccc(-n5c6ccccc6c6ccc7ccccc7c65)cc34)n2)cc1. The van der Waals surface area contributed by atoms with Gasteiger partial charge in [-0.25, -0.2) is 15.0 Å². The second kappa shape index (κ2) is 11.4. The Balaban J connectivity index is 1.08. The predicted octanol–water partition coefficient (Wildman–Crippen LogP) is 12.6. The summed E-state index contributed by atoms with van der Waals surface area (Å²) in [4.78, 5) is 15.1. The number of fused-ring (bicyclic) bond motifs is 9. The molecule has 0 saturated carbocycles. The third-order valence-corrected chi connectivity index (χ3v) is 11.3. The molecule has 4 nitrogen and oxygen atoms in total. The van der Waals surface area contributed by atoms with Crippen molar-refractivity contribution in [1.82, 2.24) is 19.5 Å². The number of hydrogen-bond donors (Lipinski definition) is 0. The molecule has 0 unspecified atom stereocenters. The molecule has 52 heavy (non-hydrogen) atoms. The Hall–Kier alpha value is -6.69. The second-order valence-electron chi connectivity index (χ2n) is 13.3. The number of benzene rings is 8. The average molecular weight is 681 g/mol. The molecule has 11 aromatic rings. The number of nitrogens with zero attached hydrogens (tertiary/aromatic N) is 4. The van der Waals surface area contributed by atoms with Gasteiger partial charge in [-0.15, -0.1) is 11.3 Å². The lowest BCUT2D eigenvalue weighted by atomic mass is 10.1. The van der Waals surface area contributed by atoms with Gasteiger partial charge in [0.15, 0.2) is 17.5 Å². The molecule has 8 aromatic carbocycles. The first-order valence-corrected chi connectivity index (χ1v) is 18.3. The van der Waals surface area contributed by atoms with Crippen LogP contribution in [0.25, 0.3) is 103 Å². The van der Waals surface area contributed by atoms with E-state index in [1.54, 1.807) is 0 Å². The Morgan fingerprint density at radius 2 is 1.00 bits per heavy atom. The van der Waals surface area contributed by atoms with Crippen LogP contribution in [0.3, 0.4) is 0 Å². The minimum absolute atomic E-state index is 0.661.